The molecule has 0 aliphatic carbocycles. The van der Waals surface area contributed by atoms with Crippen LogP contribution >= 0.6 is 0 Å². The van der Waals surface area contributed by atoms with Crippen molar-refractivity contribution in [3.63, 3.8) is 0 Å². The number of primary amides is 1. The van der Waals surface area contributed by atoms with Crippen LogP contribution in [0.4, 0.5) is 4.79 Å². The first-order chi connectivity index (χ1) is 19.2. The summed E-state index contributed by atoms with van der Waals surface area (Å²) in [6.45, 7) is 1.72. The first-order valence-corrected chi connectivity index (χ1v) is 12.8. The number of hydrogen-bond donors (Lipinski definition) is 7. The lowest BCUT2D eigenvalue weighted by molar-refractivity contribution is -0.128. The molecule has 3 aromatic rings. The average Bonchev–Trinajstić information content (AvgIpc) is 2.96. The van der Waals surface area contributed by atoms with Crippen LogP contribution in [-0.2, 0) is 27.2 Å². The lowest BCUT2D eigenvalue weighted by atomic mass is 9.99. The van der Waals surface area contributed by atoms with E-state index in [-0.39, 0.29) is 18.6 Å². The van der Waals surface area contributed by atoms with Gasteiger partial charge in [-0.05, 0) is 40.8 Å². The third-order valence-electron chi connectivity index (χ3n) is 6.23. The van der Waals surface area contributed by atoms with Gasteiger partial charge in [0.1, 0.15) is 17.8 Å². The largest absolute Gasteiger partial charge is 0.508 e. The molecule has 0 aromatic heterocycles. The van der Waals surface area contributed by atoms with Crippen LogP contribution in [0.5, 0.6) is 5.75 Å². The van der Waals surface area contributed by atoms with E-state index in [0.29, 0.717) is 12.0 Å². The molecule has 9 N–H and O–H groups in total. The molecule has 0 saturated heterocycles. The third-order valence-corrected chi connectivity index (χ3v) is 6.23. The number of rotatable bonds is 11. The van der Waals surface area contributed by atoms with Crippen molar-refractivity contribution in [1.82, 2.24) is 21.5 Å². The summed E-state index contributed by atoms with van der Waals surface area (Å²) in [5.41, 5.74) is 19.1. The highest BCUT2D eigenvalue weighted by Gasteiger charge is 2.26. The van der Waals surface area contributed by atoms with E-state index in [1.165, 1.54) is 12.1 Å². The average molecular weight is 547 g/mol. The summed E-state index contributed by atoms with van der Waals surface area (Å²) < 4.78 is 0. The summed E-state index contributed by atoms with van der Waals surface area (Å²) >= 11 is 0. The second kappa shape index (κ2) is 14.3. The summed E-state index contributed by atoms with van der Waals surface area (Å²) in [6, 6.07) is 19.6. The highest BCUT2D eigenvalue weighted by atomic mass is 16.3. The van der Waals surface area contributed by atoms with Gasteiger partial charge in [0.05, 0.1) is 6.04 Å². The monoisotopic (exact) mass is 546 g/mol. The minimum atomic E-state index is -1.15. The second-order valence-corrected chi connectivity index (χ2v) is 9.26. The van der Waals surface area contributed by atoms with Gasteiger partial charge in [0.15, 0.2) is 0 Å². The number of phenols is 1. The molecule has 0 saturated carbocycles. The van der Waals surface area contributed by atoms with Crippen LogP contribution in [0.25, 0.3) is 11.1 Å². The molecule has 0 spiro atoms. The third kappa shape index (κ3) is 8.84. The van der Waals surface area contributed by atoms with Gasteiger partial charge >= 0.3 is 6.03 Å². The summed E-state index contributed by atoms with van der Waals surface area (Å²) in [5, 5.41) is 14.7. The van der Waals surface area contributed by atoms with Crippen LogP contribution in [0.15, 0.2) is 78.9 Å². The van der Waals surface area contributed by atoms with Gasteiger partial charge in [-0.15, -0.1) is 0 Å². The smallest absolute Gasteiger partial charge is 0.334 e. The van der Waals surface area contributed by atoms with Crippen molar-refractivity contribution in [2.75, 3.05) is 0 Å². The molecule has 0 aliphatic heterocycles. The molecule has 11 nitrogen and oxygen atoms in total. The van der Waals surface area contributed by atoms with Crippen molar-refractivity contribution < 1.29 is 24.3 Å². The number of urea groups is 1. The Morgan fingerprint density at radius 2 is 1.27 bits per heavy atom. The van der Waals surface area contributed by atoms with Crippen LogP contribution in [0.1, 0.15) is 24.5 Å². The Morgan fingerprint density at radius 3 is 1.85 bits per heavy atom. The van der Waals surface area contributed by atoms with Gasteiger partial charge in [-0.1, -0.05) is 73.7 Å². The van der Waals surface area contributed by atoms with E-state index in [0.717, 1.165) is 16.7 Å². The molecule has 3 atom stereocenters. The van der Waals surface area contributed by atoms with Crippen molar-refractivity contribution in [3.05, 3.63) is 90.0 Å². The maximum Gasteiger partial charge on any atom is 0.334 e. The number of benzene rings is 3. The zero-order valence-electron chi connectivity index (χ0n) is 22.1. The first-order valence-electron chi connectivity index (χ1n) is 12.8. The van der Waals surface area contributed by atoms with E-state index in [2.05, 4.69) is 21.5 Å². The van der Waals surface area contributed by atoms with Gasteiger partial charge in [0.25, 0.3) is 5.91 Å². The molecule has 0 heterocycles. The molecule has 0 aliphatic rings. The molecule has 0 radical (unpaired) electrons. The number of carbonyl (C=O) groups is 4. The van der Waals surface area contributed by atoms with Crippen LogP contribution in [-0.4, -0.2) is 47.0 Å². The second-order valence-electron chi connectivity index (χ2n) is 9.26. The standard InChI is InChI=1S/C29H34N6O5/c1-2-23(30)27(38)34-35-29(40)33-25(17-19-10-14-22(36)15-11-19)28(39)32-24(26(31)37)16-18-8-12-21(13-9-18)20-6-4-3-5-7-20/h3-15,23-25,36H,2,16-17,30H2,1H3,(H2,31,37)(H,32,39)(H,34,38)(H2,33,35,40)/t23-,24+,25+/m1/s1. The van der Waals surface area contributed by atoms with Gasteiger partial charge in [-0.3, -0.25) is 19.8 Å². The van der Waals surface area contributed by atoms with Gasteiger partial charge < -0.3 is 27.2 Å². The normalized spacial score (nSPS) is 12.8. The number of hydrazine groups is 1. The van der Waals surface area contributed by atoms with E-state index in [9.17, 15) is 24.3 Å². The zero-order chi connectivity index (χ0) is 29.1. The number of carbonyl (C=O) groups excluding carboxylic acids is 4. The topological polar surface area (TPSA) is 189 Å². The van der Waals surface area contributed by atoms with Crippen molar-refractivity contribution >= 4 is 23.8 Å². The van der Waals surface area contributed by atoms with Crippen molar-refractivity contribution in [2.24, 2.45) is 11.5 Å². The highest BCUT2D eigenvalue weighted by Crippen LogP contribution is 2.20. The number of phenolic OH excluding ortho intramolecular Hbond substituents is 1. The Hall–Kier alpha value is -4.90. The van der Waals surface area contributed by atoms with Crippen molar-refractivity contribution in [2.45, 2.75) is 44.3 Å². The number of nitrogens with one attached hydrogen (secondary N) is 4. The maximum atomic E-state index is 13.3. The van der Waals surface area contributed by atoms with Crippen LogP contribution in [0.3, 0.4) is 0 Å². The van der Waals surface area contributed by atoms with Crippen LogP contribution in [0, 0.1) is 0 Å². The Kier molecular flexibility index (Phi) is 10.6. The van der Waals surface area contributed by atoms with Gasteiger partial charge in [0.2, 0.25) is 11.8 Å². The van der Waals surface area contributed by atoms with Crippen molar-refractivity contribution in [1.29, 1.82) is 0 Å². The Labute approximate surface area is 232 Å². The molecule has 3 aromatic carbocycles. The van der Waals surface area contributed by atoms with Gasteiger partial charge in [-0.25, -0.2) is 10.2 Å². The van der Waals surface area contributed by atoms with Crippen molar-refractivity contribution in [3.8, 4) is 16.9 Å². The molecule has 11 heteroatoms. The van der Waals surface area contributed by atoms with E-state index < -0.39 is 41.9 Å². The fraction of sp³-hybridized carbons (Fsp3) is 0.241. The molecule has 40 heavy (non-hydrogen) atoms. The molecular formula is C29H34N6O5. The Morgan fingerprint density at radius 1 is 0.725 bits per heavy atom. The highest BCUT2D eigenvalue weighted by molar-refractivity contribution is 5.92. The SMILES string of the molecule is CC[C@@H](N)C(=O)NNC(=O)N[C@@H](Cc1ccc(O)cc1)C(=O)N[C@@H](Cc1ccc(-c2ccccc2)cc1)C(N)=O. The van der Waals surface area contributed by atoms with E-state index in [1.807, 2.05) is 54.6 Å². The fourth-order valence-corrected chi connectivity index (χ4v) is 3.86. The summed E-state index contributed by atoms with van der Waals surface area (Å²) in [7, 11) is 0. The molecule has 0 bridgehead atoms. The summed E-state index contributed by atoms with van der Waals surface area (Å²) in [6.07, 6.45) is 0.531. The van der Waals surface area contributed by atoms with E-state index in [1.54, 1.807) is 19.1 Å². The summed E-state index contributed by atoms with van der Waals surface area (Å²) in [5.74, 6) is -1.96. The quantitative estimate of drug-likeness (QED) is 0.177. The van der Waals surface area contributed by atoms with Gasteiger partial charge in [0, 0.05) is 12.8 Å². The Bertz CT molecular complexity index is 1300. The number of hydrogen-bond acceptors (Lipinski definition) is 6. The molecular weight excluding hydrogens is 512 g/mol. The molecule has 0 unspecified atom stereocenters. The van der Waals surface area contributed by atoms with Gasteiger partial charge in [-0.2, -0.15) is 0 Å². The number of nitrogens with two attached hydrogens (primary N) is 2. The molecule has 5 amide bonds. The lowest BCUT2D eigenvalue weighted by Gasteiger charge is -2.23. The van der Waals surface area contributed by atoms with Crippen LogP contribution < -0.4 is 33.0 Å². The fourth-order valence-electron chi connectivity index (χ4n) is 3.86. The molecule has 0 fully saturated rings. The summed E-state index contributed by atoms with van der Waals surface area (Å²) in [4.78, 5) is 49.9. The number of amides is 5. The lowest BCUT2D eigenvalue weighted by Crippen LogP contribution is -2.58. The zero-order valence-corrected chi connectivity index (χ0v) is 22.1. The minimum absolute atomic E-state index is 0.0270. The predicted octanol–water partition coefficient (Wildman–Crippen LogP) is 1.25. The molecule has 3 rings (SSSR count). The predicted molar refractivity (Wildman–Crippen MR) is 150 cm³/mol. The number of aromatic hydroxyl groups is 1. The Balaban J connectivity index is 1.70. The van der Waals surface area contributed by atoms with E-state index in [4.69, 9.17) is 11.5 Å². The van der Waals surface area contributed by atoms with Crippen LogP contribution in [0.2, 0.25) is 0 Å². The minimum Gasteiger partial charge on any atom is -0.508 e. The maximum absolute atomic E-state index is 13.3. The first kappa shape index (κ1) is 29.7. The van der Waals surface area contributed by atoms with E-state index >= 15 is 0 Å². The molecule has 210 valence electrons.